The van der Waals surface area contributed by atoms with Gasteiger partial charge in [0, 0.05) is 24.5 Å². The monoisotopic (exact) mass is 267 g/mol. The van der Waals surface area contributed by atoms with Crippen molar-refractivity contribution in [1.29, 1.82) is 0 Å². The van der Waals surface area contributed by atoms with E-state index in [1.807, 2.05) is 0 Å². The molecule has 0 spiro atoms. The number of pyridine rings is 1. The molecule has 0 saturated heterocycles. The first-order valence-electron chi connectivity index (χ1n) is 5.32. The molecule has 1 amide bonds. The molecule has 0 unspecified atom stereocenters. The van der Waals surface area contributed by atoms with Gasteiger partial charge in [0.1, 0.15) is 5.69 Å². The number of nitrogens with one attached hydrogen (secondary N) is 2. The Morgan fingerprint density at radius 2 is 2.39 bits per heavy atom. The van der Waals surface area contributed by atoms with E-state index >= 15 is 0 Å². The molecule has 0 atom stereocenters. The number of rotatable bonds is 4. The molecule has 0 bridgehead atoms. The number of carbonyl (C=O) groups is 1. The Labute approximate surface area is 108 Å². The number of hydrogen-bond donors (Lipinski definition) is 2. The second-order valence-corrected chi connectivity index (χ2v) is 4.13. The van der Waals surface area contributed by atoms with Crippen molar-refractivity contribution >= 4 is 28.4 Å². The molecule has 0 radical (unpaired) electrons. The van der Waals surface area contributed by atoms with Gasteiger partial charge < -0.3 is 10.3 Å². The minimum atomic E-state index is -0.459. The van der Waals surface area contributed by atoms with E-state index in [1.165, 1.54) is 0 Å². The van der Waals surface area contributed by atoms with Crippen molar-refractivity contribution in [2.24, 2.45) is 0 Å². The number of fused-ring (bicyclic) bond motifs is 1. The number of aromatic amines is 1. The topological polar surface area (TPSA) is 57.8 Å². The molecule has 2 N–H and O–H groups in total. The first-order valence-corrected chi connectivity index (χ1v) is 5.70. The fraction of sp³-hybridized carbons (Fsp3) is 0.167. The van der Waals surface area contributed by atoms with E-state index in [-0.39, 0.29) is 18.9 Å². The molecule has 2 heterocycles. The minimum Gasteiger partial charge on any atom is -0.350 e. The number of carbonyl (C=O) groups excluding carboxylic acids is 1. The molecule has 94 valence electrons. The van der Waals surface area contributed by atoms with Crippen molar-refractivity contribution in [3.8, 4) is 0 Å². The fourth-order valence-corrected chi connectivity index (χ4v) is 1.76. The summed E-state index contributed by atoms with van der Waals surface area (Å²) in [5, 5.41) is 3.69. The normalized spacial score (nSPS) is 10.6. The summed E-state index contributed by atoms with van der Waals surface area (Å²) in [6.07, 6.45) is 1.67. The third kappa shape index (κ3) is 2.68. The van der Waals surface area contributed by atoms with Crippen LogP contribution < -0.4 is 5.32 Å². The highest BCUT2D eigenvalue weighted by atomic mass is 35.5. The summed E-state index contributed by atoms with van der Waals surface area (Å²) in [4.78, 5) is 18.5. The molecule has 0 aliphatic carbocycles. The van der Waals surface area contributed by atoms with Crippen LogP contribution in [0.25, 0.3) is 10.9 Å². The molecule has 0 saturated carbocycles. The van der Waals surface area contributed by atoms with Crippen molar-refractivity contribution in [3.63, 3.8) is 0 Å². The maximum Gasteiger partial charge on any atom is 0.267 e. The molecule has 0 aromatic carbocycles. The Bertz CT molecular complexity index is 608. The highest BCUT2D eigenvalue weighted by Crippen LogP contribution is 2.21. The van der Waals surface area contributed by atoms with Crippen molar-refractivity contribution in [2.75, 3.05) is 6.54 Å². The van der Waals surface area contributed by atoms with E-state index in [0.717, 1.165) is 5.39 Å². The number of nitrogens with zero attached hydrogens (tertiary/aromatic N) is 1. The number of aromatic nitrogens is 2. The summed E-state index contributed by atoms with van der Waals surface area (Å²) in [5.74, 6) is -0.775. The van der Waals surface area contributed by atoms with Crippen LogP contribution in [0.15, 0.2) is 30.7 Å². The van der Waals surface area contributed by atoms with Gasteiger partial charge in [-0.3, -0.25) is 4.79 Å². The third-order valence-corrected chi connectivity index (χ3v) is 2.71. The molecular formula is C12H11ClFN3O. The van der Waals surface area contributed by atoms with Crippen LogP contribution in [-0.2, 0) is 0 Å². The lowest BCUT2D eigenvalue weighted by atomic mass is 10.3. The Morgan fingerprint density at radius 1 is 1.61 bits per heavy atom. The van der Waals surface area contributed by atoms with E-state index in [9.17, 15) is 9.18 Å². The second kappa shape index (κ2) is 5.18. The van der Waals surface area contributed by atoms with Crippen LogP contribution in [0.1, 0.15) is 16.9 Å². The Balaban J connectivity index is 2.13. The van der Waals surface area contributed by atoms with Crippen LogP contribution in [0.4, 0.5) is 4.39 Å². The lowest BCUT2D eigenvalue weighted by Crippen LogP contribution is -2.24. The molecule has 0 fully saturated rings. The van der Waals surface area contributed by atoms with Crippen LogP contribution in [0.2, 0.25) is 5.15 Å². The maximum absolute atomic E-state index is 12.4. The maximum atomic E-state index is 12.4. The van der Waals surface area contributed by atoms with Gasteiger partial charge in [-0.15, -0.1) is 0 Å². The van der Waals surface area contributed by atoms with E-state index in [2.05, 4.69) is 21.9 Å². The van der Waals surface area contributed by atoms with Crippen molar-refractivity contribution in [2.45, 2.75) is 6.42 Å². The Morgan fingerprint density at radius 3 is 3.06 bits per heavy atom. The zero-order chi connectivity index (χ0) is 13.1. The average molecular weight is 268 g/mol. The van der Waals surface area contributed by atoms with Crippen LogP contribution in [0.5, 0.6) is 0 Å². The zero-order valence-corrected chi connectivity index (χ0v) is 10.2. The highest BCUT2D eigenvalue weighted by molar-refractivity contribution is 6.33. The van der Waals surface area contributed by atoms with Crippen LogP contribution >= 0.6 is 11.6 Å². The van der Waals surface area contributed by atoms with Gasteiger partial charge >= 0.3 is 0 Å². The summed E-state index contributed by atoms with van der Waals surface area (Å²) >= 11 is 5.89. The van der Waals surface area contributed by atoms with Crippen LogP contribution in [0, 0.1) is 0 Å². The second-order valence-electron chi connectivity index (χ2n) is 3.77. The van der Waals surface area contributed by atoms with Gasteiger partial charge in [0.2, 0.25) is 0 Å². The van der Waals surface area contributed by atoms with Crippen molar-refractivity contribution in [1.82, 2.24) is 15.3 Å². The van der Waals surface area contributed by atoms with Gasteiger partial charge in [-0.25, -0.2) is 9.37 Å². The van der Waals surface area contributed by atoms with Gasteiger partial charge in [-0.2, -0.15) is 0 Å². The van der Waals surface area contributed by atoms with Gasteiger partial charge in [0.25, 0.3) is 5.91 Å². The molecule has 0 aliphatic rings. The van der Waals surface area contributed by atoms with Crippen molar-refractivity contribution < 1.29 is 9.18 Å². The van der Waals surface area contributed by atoms with Crippen molar-refractivity contribution in [3.05, 3.63) is 41.6 Å². The zero-order valence-electron chi connectivity index (χ0n) is 9.46. The summed E-state index contributed by atoms with van der Waals surface area (Å²) in [6, 6.07) is 3.42. The molecule has 2 aromatic rings. The highest BCUT2D eigenvalue weighted by Gasteiger charge is 2.11. The molecular weight excluding hydrogens is 257 g/mol. The SMILES string of the molecule is C=C(F)CCNC(=O)c1cc2ccnc(Cl)c2[nH]1. The number of H-pyrrole nitrogens is 1. The lowest BCUT2D eigenvalue weighted by Gasteiger charge is -2.01. The molecule has 2 aromatic heterocycles. The fourth-order valence-electron chi connectivity index (χ4n) is 1.55. The van der Waals surface area contributed by atoms with E-state index in [4.69, 9.17) is 11.6 Å². The summed E-state index contributed by atoms with van der Waals surface area (Å²) < 4.78 is 12.4. The van der Waals surface area contributed by atoms with E-state index in [1.54, 1.807) is 18.3 Å². The van der Waals surface area contributed by atoms with Gasteiger partial charge in [0.05, 0.1) is 11.3 Å². The molecule has 2 rings (SSSR count). The smallest absolute Gasteiger partial charge is 0.267 e. The minimum absolute atomic E-state index is 0.105. The van der Waals surface area contributed by atoms with E-state index < -0.39 is 5.83 Å². The summed E-state index contributed by atoms with van der Waals surface area (Å²) in [6.45, 7) is 3.32. The molecule has 0 aliphatic heterocycles. The molecule has 18 heavy (non-hydrogen) atoms. The predicted molar refractivity (Wildman–Crippen MR) is 68.3 cm³/mol. The number of halogens is 2. The van der Waals surface area contributed by atoms with Crippen LogP contribution in [0.3, 0.4) is 0 Å². The lowest BCUT2D eigenvalue weighted by molar-refractivity contribution is 0.0949. The molecule has 4 nitrogen and oxygen atoms in total. The largest absolute Gasteiger partial charge is 0.350 e. The first-order chi connectivity index (χ1) is 8.58. The quantitative estimate of drug-likeness (QED) is 0.837. The summed E-state index contributed by atoms with van der Waals surface area (Å²) in [5.41, 5.74) is 0.976. The van der Waals surface area contributed by atoms with E-state index in [0.29, 0.717) is 16.4 Å². The predicted octanol–water partition coefficient (Wildman–Crippen LogP) is 2.82. The molecule has 6 heteroatoms. The average Bonchev–Trinajstić information content (AvgIpc) is 2.74. The van der Waals surface area contributed by atoms with Gasteiger partial charge in [-0.1, -0.05) is 18.2 Å². The van der Waals surface area contributed by atoms with Crippen LogP contribution in [-0.4, -0.2) is 22.4 Å². The van der Waals surface area contributed by atoms with Gasteiger partial charge in [0.15, 0.2) is 5.15 Å². The number of amides is 1. The first kappa shape index (κ1) is 12.6. The third-order valence-electron chi connectivity index (χ3n) is 2.42. The Hall–Kier alpha value is -1.88. The Kier molecular flexibility index (Phi) is 3.62. The summed E-state index contributed by atoms with van der Waals surface area (Å²) in [7, 11) is 0. The number of hydrogen-bond acceptors (Lipinski definition) is 2. The van der Waals surface area contributed by atoms with Gasteiger partial charge in [-0.05, 0) is 12.1 Å². The standard InChI is InChI=1S/C12H11ClFN3O/c1-7(14)2-4-16-12(18)9-6-8-3-5-15-11(13)10(8)17-9/h3,5-6,17H,1-2,4H2,(H,16,18).